The zero-order valence-corrected chi connectivity index (χ0v) is 39.7. The predicted molar refractivity (Wildman–Crippen MR) is 253 cm³/mol. The summed E-state index contributed by atoms with van der Waals surface area (Å²) >= 11 is 0. The Morgan fingerprint density at radius 1 is 0.483 bits per heavy atom. The Kier molecular flexibility index (Phi) is 44.5. The molecule has 2 unspecified atom stereocenters. The van der Waals surface area contributed by atoms with E-state index < -0.39 is 26.5 Å². The van der Waals surface area contributed by atoms with Crippen molar-refractivity contribution < 1.29 is 37.6 Å². The van der Waals surface area contributed by atoms with Crippen molar-refractivity contribution in [3.05, 3.63) is 60.8 Å². The molecule has 348 valence electrons. The van der Waals surface area contributed by atoms with Crippen molar-refractivity contribution in [2.75, 3.05) is 20.3 Å². The van der Waals surface area contributed by atoms with E-state index >= 15 is 0 Å². The fourth-order valence-corrected chi connectivity index (χ4v) is 7.26. The first-order valence-electron chi connectivity index (χ1n) is 24.5. The van der Waals surface area contributed by atoms with Crippen molar-refractivity contribution >= 4 is 19.8 Å². The van der Waals surface area contributed by atoms with Gasteiger partial charge in [0.1, 0.15) is 6.61 Å². The minimum atomic E-state index is -4.28. The topological polar surface area (TPSA) is 108 Å². The number of phosphoric ester groups is 1. The van der Waals surface area contributed by atoms with Crippen molar-refractivity contribution in [1.29, 1.82) is 0 Å². The largest absolute Gasteiger partial charge is 0.472 e. The van der Waals surface area contributed by atoms with Crippen LogP contribution in [0.3, 0.4) is 0 Å². The second-order valence-corrected chi connectivity index (χ2v) is 17.8. The Balaban J connectivity index is 3.96. The Morgan fingerprint density at radius 2 is 0.850 bits per heavy atom. The standard InChI is InChI=1S/C51H91O8P/c1-4-6-8-10-12-14-16-18-20-22-24-25-26-28-29-31-33-35-37-39-41-43-45-50(52)57-47-49(48-58-60(54,55)56-3)59-51(53)46-44-42-40-38-36-34-32-30-27-23-21-19-17-15-13-11-9-7-5-2/h7,9,13,15,19,21,27,30,34,36,49H,4-6,8,10-12,14,16-18,20,22-26,28-29,31-33,35,37-48H2,1-3H3,(H,54,55)/b9-7-,15-13-,21-19-,30-27-,36-34-. The number of allylic oxidation sites excluding steroid dienone is 10. The number of esters is 2. The molecule has 0 heterocycles. The van der Waals surface area contributed by atoms with Crippen LogP contribution >= 0.6 is 7.82 Å². The Bertz CT molecular complexity index is 1160. The van der Waals surface area contributed by atoms with Crippen molar-refractivity contribution in [3.8, 4) is 0 Å². The molecule has 0 saturated carbocycles. The lowest BCUT2D eigenvalue weighted by Gasteiger charge is -2.19. The number of carbonyl (C=O) groups is 2. The first-order chi connectivity index (χ1) is 29.3. The number of rotatable bonds is 45. The lowest BCUT2D eigenvalue weighted by Crippen LogP contribution is -2.29. The van der Waals surface area contributed by atoms with Crippen LogP contribution < -0.4 is 0 Å². The molecule has 9 heteroatoms. The molecular formula is C51H91O8P. The Labute approximate surface area is 369 Å². The van der Waals surface area contributed by atoms with Crippen LogP contribution in [0.2, 0.25) is 0 Å². The summed E-state index contributed by atoms with van der Waals surface area (Å²) in [5.41, 5.74) is 0. The van der Waals surface area contributed by atoms with Crippen LogP contribution in [0.15, 0.2) is 60.8 Å². The van der Waals surface area contributed by atoms with Crippen molar-refractivity contribution in [3.63, 3.8) is 0 Å². The van der Waals surface area contributed by atoms with Gasteiger partial charge in [-0.15, -0.1) is 0 Å². The van der Waals surface area contributed by atoms with Gasteiger partial charge in [-0.1, -0.05) is 216 Å². The molecule has 8 nitrogen and oxygen atoms in total. The molecule has 0 bridgehead atoms. The third-order valence-electron chi connectivity index (χ3n) is 10.5. The van der Waals surface area contributed by atoms with Gasteiger partial charge in [0.15, 0.2) is 6.10 Å². The van der Waals surface area contributed by atoms with Crippen molar-refractivity contribution in [2.45, 2.75) is 232 Å². The number of hydrogen-bond acceptors (Lipinski definition) is 7. The molecule has 0 aromatic rings. The van der Waals surface area contributed by atoms with E-state index in [9.17, 15) is 19.0 Å². The number of phosphoric acid groups is 1. The molecule has 0 radical (unpaired) electrons. The summed E-state index contributed by atoms with van der Waals surface area (Å²) in [6.45, 7) is 3.77. The van der Waals surface area contributed by atoms with Gasteiger partial charge in [-0.3, -0.25) is 18.6 Å². The molecule has 0 aliphatic carbocycles. The number of hydrogen-bond donors (Lipinski definition) is 1. The molecular weight excluding hydrogens is 772 g/mol. The summed E-state index contributed by atoms with van der Waals surface area (Å²) in [4.78, 5) is 34.6. The van der Waals surface area contributed by atoms with Crippen LogP contribution in [0.5, 0.6) is 0 Å². The first-order valence-corrected chi connectivity index (χ1v) is 26.0. The van der Waals surface area contributed by atoms with E-state index in [1.54, 1.807) is 0 Å². The molecule has 0 aromatic heterocycles. The molecule has 0 rings (SSSR count). The molecule has 2 atom stereocenters. The van der Waals surface area contributed by atoms with E-state index in [1.165, 1.54) is 122 Å². The summed E-state index contributed by atoms with van der Waals surface area (Å²) in [7, 11) is -3.22. The van der Waals surface area contributed by atoms with Crippen LogP contribution in [0, 0.1) is 0 Å². The van der Waals surface area contributed by atoms with Gasteiger partial charge in [-0.2, -0.15) is 0 Å². The highest BCUT2D eigenvalue weighted by atomic mass is 31.2. The highest BCUT2D eigenvalue weighted by molar-refractivity contribution is 7.47. The lowest BCUT2D eigenvalue weighted by atomic mass is 10.0. The van der Waals surface area contributed by atoms with Crippen molar-refractivity contribution in [1.82, 2.24) is 0 Å². The van der Waals surface area contributed by atoms with E-state index in [2.05, 4.69) is 79.1 Å². The molecule has 0 aliphatic heterocycles. The zero-order chi connectivity index (χ0) is 43.9. The van der Waals surface area contributed by atoms with Gasteiger partial charge < -0.3 is 14.4 Å². The monoisotopic (exact) mass is 863 g/mol. The van der Waals surface area contributed by atoms with Gasteiger partial charge in [-0.25, -0.2) is 4.57 Å². The number of ether oxygens (including phenoxy) is 2. The van der Waals surface area contributed by atoms with Crippen LogP contribution in [-0.4, -0.2) is 43.3 Å². The van der Waals surface area contributed by atoms with E-state index in [-0.39, 0.29) is 25.4 Å². The summed E-state index contributed by atoms with van der Waals surface area (Å²) in [5, 5.41) is 0. The smallest absolute Gasteiger partial charge is 0.462 e. The Morgan fingerprint density at radius 3 is 1.27 bits per heavy atom. The van der Waals surface area contributed by atoms with Gasteiger partial charge >= 0.3 is 19.8 Å². The van der Waals surface area contributed by atoms with Gasteiger partial charge in [-0.05, 0) is 57.8 Å². The highest BCUT2D eigenvalue weighted by Crippen LogP contribution is 2.42. The normalized spacial score (nSPS) is 13.7. The molecule has 0 spiro atoms. The average molecular weight is 863 g/mol. The zero-order valence-electron chi connectivity index (χ0n) is 38.9. The van der Waals surface area contributed by atoms with Crippen LogP contribution in [0.1, 0.15) is 226 Å². The van der Waals surface area contributed by atoms with E-state index in [1.807, 2.05) is 0 Å². The summed E-state index contributed by atoms with van der Waals surface area (Å²) in [6, 6.07) is 0. The second kappa shape index (κ2) is 46.3. The molecule has 0 aromatic carbocycles. The van der Waals surface area contributed by atoms with Crippen LogP contribution in [0.25, 0.3) is 0 Å². The van der Waals surface area contributed by atoms with E-state index in [0.29, 0.717) is 6.42 Å². The second-order valence-electron chi connectivity index (χ2n) is 16.2. The van der Waals surface area contributed by atoms with Crippen LogP contribution in [0.4, 0.5) is 0 Å². The number of unbranched alkanes of at least 4 members (excludes halogenated alkanes) is 24. The van der Waals surface area contributed by atoms with Crippen molar-refractivity contribution in [2.24, 2.45) is 0 Å². The van der Waals surface area contributed by atoms with Gasteiger partial charge in [0.05, 0.1) is 6.61 Å². The minimum absolute atomic E-state index is 0.205. The minimum Gasteiger partial charge on any atom is -0.462 e. The van der Waals surface area contributed by atoms with Gasteiger partial charge in [0.2, 0.25) is 0 Å². The third-order valence-corrected chi connectivity index (χ3v) is 11.5. The van der Waals surface area contributed by atoms with Gasteiger partial charge in [0, 0.05) is 20.0 Å². The summed E-state index contributed by atoms with van der Waals surface area (Å²) in [5.74, 6) is -0.836. The predicted octanol–water partition coefficient (Wildman–Crippen LogP) is 15.9. The van der Waals surface area contributed by atoms with E-state index in [0.717, 1.165) is 77.7 Å². The molecule has 0 aliphatic rings. The maximum Gasteiger partial charge on any atom is 0.472 e. The molecule has 1 N–H and O–H groups in total. The Hall–Kier alpha value is -2.25. The molecule has 0 saturated heterocycles. The van der Waals surface area contributed by atoms with Crippen LogP contribution in [-0.2, 0) is 32.7 Å². The average Bonchev–Trinajstić information content (AvgIpc) is 3.24. The molecule has 0 fully saturated rings. The maximum atomic E-state index is 12.5. The molecule has 60 heavy (non-hydrogen) atoms. The number of carbonyl (C=O) groups excluding carboxylic acids is 2. The first kappa shape index (κ1) is 57.8. The lowest BCUT2D eigenvalue weighted by molar-refractivity contribution is -0.161. The highest BCUT2D eigenvalue weighted by Gasteiger charge is 2.24. The SMILES string of the molecule is CC/C=C\C/C=C\C/C=C\C/C=C\C/C=C\CCCCCC(=O)OC(COC(=O)CCCCCCCCCCCCCCCCCCCCCCCC)COP(=O)(O)OC. The molecule has 0 amide bonds. The quantitative estimate of drug-likeness (QED) is 0.0279. The third kappa shape index (κ3) is 45.3. The summed E-state index contributed by atoms with van der Waals surface area (Å²) in [6.07, 6.45) is 58.6. The summed E-state index contributed by atoms with van der Waals surface area (Å²) < 4.78 is 32.1. The fraction of sp³-hybridized carbons (Fsp3) is 0.765. The maximum absolute atomic E-state index is 12.5. The van der Waals surface area contributed by atoms with E-state index in [4.69, 9.17) is 14.0 Å². The fourth-order valence-electron chi connectivity index (χ4n) is 6.80. The van der Waals surface area contributed by atoms with Gasteiger partial charge in [0.25, 0.3) is 0 Å².